The Morgan fingerprint density at radius 1 is 0.833 bits per heavy atom. The molecule has 3 nitrogen and oxygen atoms in total. The lowest BCUT2D eigenvalue weighted by Crippen LogP contribution is -1.77. The minimum absolute atomic E-state index is 0.845. The van der Waals surface area contributed by atoms with Crippen LogP contribution in [-0.4, -0.2) is 15.0 Å². The van der Waals surface area contributed by atoms with E-state index in [4.69, 9.17) is 0 Å². The minimum Gasteiger partial charge on any atom is -0.336 e. The topological polar surface area (TPSA) is 41.6 Å². The highest BCUT2D eigenvalue weighted by Gasteiger charge is 2.09. The van der Waals surface area contributed by atoms with Gasteiger partial charge in [-0.15, -0.1) is 11.3 Å². The molecule has 4 aromatic rings. The van der Waals surface area contributed by atoms with E-state index in [9.17, 15) is 0 Å². The van der Waals surface area contributed by atoms with E-state index in [0.717, 1.165) is 27.4 Å². The monoisotopic (exact) mass is 251 g/mol. The summed E-state index contributed by atoms with van der Waals surface area (Å²) in [6, 6.07) is 16.2. The van der Waals surface area contributed by atoms with Crippen LogP contribution < -0.4 is 0 Å². The molecule has 0 spiro atoms. The zero-order chi connectivity index (χ0) is 11.9. The Balaban J connectivity index is 1.95. The van der Waals surface area contributed by atoms with Crippen LogP contribution in [0.1, 0.15) is 0 Å². The Morgan fingerprint density at radius 3 is 2.44 bits per heavy atom. The van der Waals surface area contributed by atoms with Crippen LogP contribution in [0.4, 0.5) is 0 Å². The lowest BCUT2D eigenvalue weighted by atomic mass is 10.3. The predicted molar refractivity (Wildman–Crippen MR) is 74.7 cm³/mol. The quantitative estimate of drug-likeness (QED) is 0.558. The van der Waals surface area contributed by atoms with E-state index in [0.29, 0.717) is 0 Å². The summed E-state index contributed by atoms with van der Waals surface area (Å²) in [6.45, 7) is 0. The van der Waals surface area contributed by atoms with Crippen molar-refractivity contribution >= 4 is 32.6 Å². The lowest BCUT2D eigenvalue weighted by molar-refractivity contribution is 1.31. The van der Waals surface area contributed by atoms with Crippen molar-refractivity contribution in [2.24, 2.45) is 0 Å². The van der Waals surface area contributed by atoms with Crippen molar-refractivity contribution in [3.63, 3.8) is 0 Å². The van der Waals surface area contributed by atoms with E-state index in [1.807, 2.05) is 42.5 Å². The molecule has 0 fully saturated rings. The summed E-state index contributed by atoms with van der Waals surface area (Å²) < 4.78 is 1.19. The molecule has 0 saturated carbocycles. The summed E-state index contributed by atoms with van der Waals surface area (Å²) in [5.41, 5.74) is 3.05. The van der Waals surface area contributed by atoms with Crippen molar-refractivity contribution < 1.29 is 0 Å². The van der Waals surface area contributed by atoms with Crippen LogP contribution in [0.25, 0.3) is 32.1 Å². The average Bonchev–Trinajstić information content (AvgIpc) is 3.02. The van der Waals surface area contributed by atoms with Crippen LogP contribution in [0.5, 0.6) is 0 Å². The van der Waals surface area contributed by atoms with E-state index < -0.39 is 0 Å². The Kier molecular flexibility index (Phi) is 1.98. The van der Waals surface area contributed by atoms with E-state index in [1.54, 1.807) is 11.3 Å². The molecule has 4 rings (SSSR count). The highest BCUT2D eigenvalue weighted by atomic mass is 32.1. The van der Waals surface area contributed by atoms with Gasteiger partial charge in [0, 0.05) is 0 Å². The van der Waals surface area contributed by atoms with Crippen molar-refractivity contribution in [3.8, 4) is 10.8 Å². The summed E-state index contributed by atoms with van der Waals surface area (Å²) in [7, 11) is 0. The number of nitrogens with zero attached hydrogens (tertiary/aromatic N) is 2. The lowest BCUT2D eigenvalue weighted by Gasteiger charge is -1.85. The second-order valence-corrected chi connectivity index (χ2v) is 5.12. The number of imidazole rings is 1. The van der Waals surface area contributed by atoms with Gasteiger partial charge in [0.05, 0.1) is 21.3 Å². The molecule has 18 heavy (non-hydrogen) atoms. The molecule has 2 aromatic carbocycles. The van der Waals surface area contributed by atoms with Gasteiger partial charge in [-0.3, -0.25) is 0 Å². The minimum atomic E-state index is 0.845. The number of fused-ring (bicyclic) bond motifs is 2. The van der Waals surface area contributed by atoms with Gasteiger partial charge in [0.1, 0.15) is 0 Å². The second kappa shape index (κ2) is 3.65. The van der Waals surface area contributed by atoms with Gasteiger partial charge < -0.3 is 4.98 Å². The van der Waals surface area contributed by atoms with Gasteiger partial charge in [-0.2, -0.15) is 0 Å². The Morgan fingerprint density at radius 2 is 1.61 bits per heavy atom. The van der Waals surface area contributed by atoms with Gasteiger partial charge in [-0.1, -0.05) is 24.3 Å². The maximum Gasteiger partial charge on any atom is 0.167 e. The van der Waals surface area contributed by atoms with E-state index >= 15 is 0 Å². The molecule has 0 amide bonds. The number of nitrogens with one attached hydrogen (secondary N) is 1. The van der Waals surface area contributed by atoms with E-state index in [1.165, 1.54) is 4.70 Å². The third kappa shape index (κ3) is 1.43. The maximum absolute atomic E-state index is 4.60. The van der Waals surface area contributed by atoms with Crippen LogP contribution >= 0.6 is 11.3 Å². The van der Waals surface area contributed by atoms with E-state index in [-0.39, 0.29) is 0 Å². The fourth-order valence-corrected chi connectivity index (χ4v) is 2.94. The van der Waals surface area contributed by atoms with Crippen molar-refractivity contribution in [1.29, 1.82) is 0 Å². The molecule has 0 aliphatic carbocycles. The van der Waals surface area contributed by atoms with Crippen molar-refractivity contribution in [2.75, 3.05) is 0 Å². The molecule has 2 heterocycles. The first kappa shape index (κ1) is 9.79. The van der Waals surface area contributed by atoms with Gasteiger partial charge in [-0.05, 0) is 24.3 Å². The highest BCUT2D eigenvalue weighted by Crippen LogP contribution is 2.29. The molecule has 0 radical (unpaired) electrons. The first-order valence-electron chi connectivity index (χ1n) is 5.71. The molecule has 0 atom stereocenters. The Hall–Kier alpha value is -2.20. The summed E-state index contributed by atoms with van der Waals surface area (Å²) >= 11 is 1.66. The number of rotatable bonds is 1. The third-order valence-corrected chi connectivity index (χ3v) is 3.93. The SMILES string of the molecule is c1ccc2[nH]c(-c3nc4ccccc4s3)nc2c1. The molecule has 4 heteroatoms. The van der Waals surface area contributed by atoms with Gasteiger partial charge in [0.2, 0.25) is 0 Å². The molecule has 0 aliphatic rings. The van der Waals surface area contributed by atoms with E-state index in [2.05, 4.69) is 21.0 Å². The van der Waals surface area contributed by atoms with Crippen LogP contribution in [0, 0.1) is 0 Å². The largest absolute Gasteiger partial charge is 0.336 e. The molecule has 1 N–H and O–H groups in total. The Bertz CT molecular complexity index is 706. The van der Waals surface area contributed by atoms with Crippen molar-refractivity contribution in [1.82, 2.24) is 15.0 Å². The fourth-order valence-electron chi connectivity index (χ4n) is 2.03. The zero-order valence-corrected chi connectivity index (χ0v) is 10.2. The molecule has 0 bridgehead atoms. The molecule has 2 aromatic heterocycles. The Labute approximate surface area is 107 Å². The number of H-pyrrole nitrogens is 1. The summed E-state index contributed by atoms with van der Waals surface area (Å²) in [6.07, 6.45) is 0. The number of aromatic amines is 1. The molecule has 0 unspecified atom stereocenters. The molecular formula is C14H9N3S. The average molecular weight is 251 g/mol. The van der Waals surface area contributed by atoms with Crippen LogP contribution in [0.15, 0.2) is 48.5 Å². The fraction of sp³-hybridized carbons (Fsp3) is 0. The number of thiazole rings is 1. The molecule has 86 valence electrons. The molecular weight excluding hydrogens is 242 g/mol. The smallest absolute Gasteiger partial charge is 0.167 e. The summed E-state index contributed by atoms with van der Waals surface area (Å²) in [5.74, 6) is 0.845. The molecule has 0 saturated heterocycles. The number of hydrogen-bond acceptors (Lipinski definition) is 3. The van der Waals surface area contributed by atoms with Gasteiger partial charge in [-0.25, -0.2) is 9.97 Å². The number of para-hydroxylation sites is 3. The van der Waals surface area contributed by atoms with Gasteiger partial charge >= 0.3 is 0 Å². The third-order valence-electron chi connectivity index (χ3n) is 2.89. The zero-order valence-electron chi connectivity index (χ0n) is 9.42. The number of hydrogen-bond donors (Lipinski definition) is 1. The first-order chi connectivity index (χ1) is 8.90. The first-order valence-corrected chi connectivity index (χ1v) is 6.52. The van der Waals surface area contributed by atoms with Crippen LogP contribution in [0.3, 0.4) is 0 Å². The summed E-state index contributed by atoms with van der Waals surface area (Å²) in [4.78, 5) is 12.5. The second-order valence-electron chi connectivity index (χ2n) is 4.09. The normalized spacial score (nSPS) is 11.3. The van der Waals surface area contributed by atoms with Crippen LogP contribution in [-0.2, 0) is 0 Å². The standard InChI is InChI=1S/C14H9N3S/c1-2-6-10-9(5-1)15-13(16-10)14-17-11-7-3-4-8-12(11)18-14/h1-8H,(H,15,16). The predicted octanol–water partition coefficient (Wildman–Crippen LogP) is 3.84. The summed E-state index contributed by atoms with van der Waals surface area (Å²) in [5, 5.41) is 0.937. The number of benzene rings is 2. The number of aromatic nitrogens is 3. The van der Waals surface area contributed by atoms with Gasteiger partial charge in [0.15, 0.2) is 10.8 Å². The maximum atomic E-state index is 4.60. The van der Waals surface area contributed by atoms with Gasteiger partial charge in [0.25, 0.3) is 0 Å². The van der Waals surface area contributed by atoms with Crippen LogP contribution in [0.2, 0.25) is 0 Å². The van der Waals surface area contributed by atoms with Crippen molar-refractivity contribution in [2.45, 2.75) is 0 Å². The van der Waals surface area contributed by atoms with Crippen molar-refractivity contribution in [3.05, 3.63) is 48.5 Å². The molecule has 0 aliphatic heterocycles. The highest BCUT2D eigenvalue weighted by molar-refractivity contribution is 7.21.